The maximum Gasteiger partial charge on any atom is 0.314 e. The summed E-state index contributed by atoms with van der Waals surface area (Å²) in [7, 11) is 0. The molecule has 1 aliphatic heterocycles. The molecule has 2 amide bonds. The summed E-state index contributed by atoms with van der Waals surface area (Å²) in [6.07, 6.45) is 2.88. The van der Waals surface area contributed by atoms with Crippen LogP contribution in [0.15, 0.2) is 16.8 Å². The molecule has 0 radical (unpaired) electrons. The average molecular weight is 325 g/mol. The summed E-state index contributed by atoms with van der Waals surface area (Å²) in [4.78, 5) is 14.3. The number of likely N-dealkylation sites (tertiary alicyclic amines) is 1. The average Bonchev–Trinajstić information content (AvgIpc) is 3.07. The minimum Gasteiger partial charge on any atom is -0.387 e. The molecule has 0 bridgehead atoms. The van der Waals surface area contributed by atoms with Crippen LogP contribution in [0, 0.1) is 5.92 Å². The van der Waals surface area contributed by atoms with Crippen molar-refractivity contribution in [3.05, 3.63) is 22.4 Å². The van der Waals surface area contributed by atoms with Crippen LogP contribution in [0.3, 0.4) is 0 Å². The number of thiophene rings is 1. The molecule has 6 heteroatoms. The molecule has 0 aromatic carbocycles. The first-order valence-corrected chi connectivity index (χ1v) is 9.07. The molecule has 1 unspecified atom stereocenters. The van der Waals surface area contributed by atoms with Crippen molar-refractivity contribution in [1.29, 1.82) is 0 Å². The van der Waals surface area contributed by atoms with Gasteiger partial charge in [-0.3, -0.25) is 0 Å². The number of piperidine rings is 1. The van der Waals surface area contributed by atoms with E-state index in [0.717, 1.165) is 38.0 Å². The SMILES string of the molecule is CCCN1CCC(CNC(=O)NCC(O)c2ccsc2)CC1. The molecular weight excluding hydrogens is 298 g/mol. The summed E-state index contributed by atoms with van der Waals surface area (Å²) in [5.41, 5.74) is 0.855. The van der Waals surface area contributed by atoms with E-state index in [-0.39, 0.29) is 12.6 Å². The van der Waals surface area contributed by atoms with Crippen LogP contribution in [0.2, 0.25) is 0 Å². The lowest BCUT2D eigenvalue weighted by atomic mass is 9.97. The predicted molar refractivity (Wildman–Crippen MR) is 90.1 cm³/mol. The van der Waals surface area contributed by atoms with Gasteiger partial charge >= 0.3 is 6.03 Å². The Kier molecular flexibility index (Phi) is 7.15. The van der Waals surface area contributed by atoms with Gasteiger partial charge in [-0.15, -0.1) is 0 Å². The first kappa shape index (κ1) is 17.2. The Morgan fingerprint density at radius 2 is 2.23 bits per heavy atom. The number of hydrogen-bond acceptors (Lipinski definition) is 4. The molecule has 3 N–H and O–H groups in total. The quantitative estimate of drug-likeness (QED) is 0.720. The Hall–Kier alpha value is -1.11. The fraction of sp³-hybridized carbons (Fsp3) is 0.688. The number of urea groups is 1. The molecule has 1 aliphatic rings. The molecule has 1 fully saturated rings. The second kappa shape index (κ2) is 9.12. The number of carbonyl (C=O) groups excluding carboxylic acids is 1. The number of aliphatic hydroxyl groups is 1. The molecule has 1 saturated heterocycles. The van der Waals surface area contributed by atoms with Gasteiger partial charge in [-0.05, 0) is 67.2 Å². The maximum absolute atomic E-state index is 11.8. The summed E-state index contributed by atoms with van der Waals surface area (Å²) in [5, 5.41) is 19.4. The molecule has 124 valence electrons. The maximum atomic E-state index is 11.8. The van der Waals surface area contributed by atoms with Crippen LogP contribution in [0.5, 0.6) is 0 Å². The lowest BCUT2D eigenvalue weighted by Gasteiger charge is -2.31. The smallest absolute Gasteiger partial charge is 0.314 e. The third kappa shape index (κ3) is 5.59. The van der Waals surface area contributed by atoms with E-state index in [1.165, 1.54) is 13.0 Å². The van der Waals surface area contributed by atoms with E-state index in [1.807, 2.05) is 16.8 Å². The molecule has 22 heavy (non-hydrogen) atoms. The van der Waals surface area contributed by atoms with E-state index in [9.17, 15) is 9.90 Å². The van der Waals surface area contributed by atoms with Crippen LogP contribution in [0.4, 0.5) is 4.79 Å². The largest absolute Gasteiger partial charge is 0.387 e. The molecule has 5 nitrogen and oxygen atoms in total. The van der Waals surface area contributed by atoms with Crippen molar-refractivity contribution < 1.29 is 9.90 Å². The van der Waals surface area contributed by atoms with Crippen molar-refractivity contribution in [2.24, 2.45) is 5.92 Å². The topological polar surface area (TPSA) is 64.6 Å². The number of nitrogens with zero attached hydrogens (tertiary/aromatic N) is 1. The summed E-state index contributed by atoms with van der Waals surface area (Å²) in [6.45, 7) is 6.64. The molecule has 0 saturated carbocycles. The van der Waals surface area contributed by atoms with Gasteiger partial charge in [0, 0.05) is 13.1 Å². The van der Waals surface area contributed by atoms with Gasteiger partial charge in [0.25, 0.3) is 0 Å². The van der Waals surface area contributed by atoms with Crippen molar-refractivity contribution in [2.45, 2.75) is 32.3 Å². The highest BCUT2D eigenvalue weighted by Gasteiger charge is 2.19. The summed E-state index contributed by atoms with van der Waals surface area (Å²) >= 11 is 1.54. The summed E-state index contributed by atoms with van der Waals surface area (Å²) < 4.78 is 0. The summed E-state index contributed by atoms with van der Waals surface area (Å²) in [5.74, 6) is 0.570. The third-order valence-corrected chi connectivity index (χ3v) is 4.88. The van der Waals surface area contributed by atoms with E-state index in [0.29, 0.717) is 5.92 Å². The number of carbonyl (C=O) groups is 1. The van der Waals surface area contributed by atoms with Gasteiger partial charge in [0.2, 0.25) is 0 Å². The lowest BCUT2D eigenvalue weighted by molar-refractivity contribution is 0.169. The van der Waals surface area contributed by atoms with Gasteiger partial charge < -0.3 is 20.6 Å². The van der Waals surface area contributed by atoms with Crippen LogP contribution in [0.25, 0.3) is 0 Å². The number of amides is 2. The van der Waals surface area contributed by atoms with Crippen LogP contribution in [-0.4, -0.2) is 48.8 Å². The molecule has 1 atom stereocenters. The number of nitrogens with one attached hydrogen (secondary N) is 2. The monoisotopic (exact) mass is 325 g/mol. The Bertz CT molecular complexity index is 431. The van der Waals surface area contributed by atoms with Crippen LogP contribution >= 0.6 is 11.3 Å². The standard InChI is InChI=1S/C16H27N3O2S/c1-2-6-19-7-3-13(4-8-19)10-17-16(21)18-11-15(20)14-5-9-22-12-14/h5,9,12-13,15,20H,2-4,6-8,10-11H2,1H3,(H2,17,18,21). The molecular formula is C16H27N3O2S. The van der Waals surface area contributed by atoms with Crippen molar-refractivity contribution in [3.63, 3.8) is 0 Å². The van der Waals surface area contributed by atoms with Gasteiger partial charge in [-0.25, -0.2) is 4.79 Å². The predicted octanol–water partition coefficient (Wildman–Crippen LogP) is 2.20. The minimum atomic E-state index is -0.630. The van der Waals surface area contributed by atoms with Crippen molar-refractivity contribution in [3.8, 4) is 0 Å². The van der Waals surface area contributed by atoms with Crippen LogP contribution in [-0.2, 0) is 0 Å². The van der Waals surface area contributed by atoms with Gasteiger partial charge in [0.15, 0.2) is 0 Å². The normalized spacial score (nSPS) is 18.1. The van der Waals surface area contributed by atoms with Crippen LogP contribution in [0.1, 0.15) is 37.9 Å². The number of aliphatic hydroxyl groups excluding tert-OH is 1. The van der Waals surface area contributed by atoms with Crippen LogP contribution < -0.4 is 10.6 Å². The number of rotatable bonds is 7. The molecule has 0 aliphatic carbocycles. The Morgan fingerprint density at radius 3 is 2.86 bits per heavy atom. The Balaban J connectivity index is 1.58. The first-order chi connectivity index (χ1) is 10.7. The van der Waals surface area contributed by atoms with E-state index in [1.54, 1.807) is 11.3 Å². The highest BCUT2D eigenvalue weighted by Crippen LogP contribution is 2.17. The number of hydrogen-bond donors (Lipinski definition) is 3. The second-order valence-corrected chi connectivity index (χ2v) is 6.73. The minimum absolute atomic E-state index is 0.190. The van der Waals surface area contributed by atoms with Crippen molar-refractivity contribution in [2.75, 3.05) is 32.7 Å². The lowest BCUT2D eigenvalue weighted by Crippen LogP contribution is -2.42. The zero-order valence-electron chi connectivity index (χ0n) is 13.3. The van der Waals surface area contributed by atoms with Crippen molar-refractivity contribution in [1.82, 2.24) is 15.5 Å². The molecule has 1 aromatic heterocycles. The van der Waals surface area contributed by atoms with Gasteiger partial charge in [0.1, 0.15) is 0 Å². The van der Waals surface area contributed by atoms with E-state index >= 15 is 0 Å². The highest BCUT2D eigenvalue weighted by atomic mass is 32.1. The van der Waals surface area contributed by atoms with Crippen molar-refractivity contribution >= 4 is 17.4 Å². The molecule has 0 spiro atoms. The van der Waals surface area contributed by atoms with E-state index in [4.69, 9.17) is 0 Å². The Morgan fingerprint density at radius 1 is 1.45 bits per heavy atom. The van der Waals surface area contributed by atoms with E-state index in [2.05, 4.69) is 22.5 Å². The first-order valence-electron chi connectivity index (χ1n) is 8.13. The van der Waals surface area contributed by atoms with Gasteiger partial charge in [-0.1, -0.05) is 6.92 Å². The second-order valence-electron chi connectivity index (χ2n) is 5.95. The zero-order valence-corrected chi connectivity index (χ0v) is 14.1. The third-order valence-electron chi connectivity index (χ3n) is 4.18. The Labute approximate surface area is 136 Å². The molecule has 2 rings (SSSR count). The van der Waals surface area contributed by atoms with Gasteiger partial charge in [-0.2, -0.15) is 11.3 Å². The fourth-order valence-electron chi connectivity index (χ4n) is 2.80. The summed E-state index contributed by atoms with van der Waals surface area (Å²) in [6, 6.07) is 1.68. The molecule has 2 heterocycles. The van der Waals surface area contributed by atoms with Gasteiger partial charge in [0.05, 0.1) is 6.10 Å². The zero-order chi connectivity index (χ0) is 15.8. The fourth-order valence-corrected chi connectivity index (χ4v) is 3.51. The molecule has 1 aromatic rings. The van der Waals surface area contributed by atoms with E-state index < -0.39 is 6.10 Å². The highest BCUT2D eigenvalue weighted by molar-refractivity contribution is 7.07.